The van der Waals surface area contributed by atoms with Crippen LogP contribution in [0.1, 0.15) is 50.5 Å². The van der Waals surface area contributed by atoms with E-state index in [4.69, 9.17) is 9.97 Å². The smallest absolute Gasteiger partial charge is 0.140 e. The minimum atomic E-state index is 0.318. The van der Waals surface area contributed by atoms with E-state index in [9.17, 15) is 4.79 Å². The van der Waals surface area contributed by atoms with E-state index in [1.165, 1.54) is 18.4 Å². The van der Waals surface area contributed by atoms with Gasteiger partial charge < -0.3 is 14.3 Å². The van der Waals surface area contributed by atoms with Crippen molar-refractivity contribution >= 4 is 16.8 Å². The number of imidazole rings is 1. The van der Waals surface area contributed by atoms with Gasteiger partial charge in [0.2, 0.25) is 0 Å². The van der Waals surface area contributed by atoms with Gasteiger partial charge in [-0.2, -0.15) is 0 Å². The molecule has 1 N–H and O–H groups in total. The molecule has 1 aliphatic rings. The van der Waals surface area contributed by atoms with Crippen molar-refractivity contribution in [2.24, 2.45) is 18.0 Å². The second kappa shape index (κ2) is 11.5. The highest BCUT2D eigenvalue weighted by Gasteiger charge is 2.23. The van der Waals surface area contributed by atoms with E-state index in [1.807, 2.05) is 30.1 Å². The molecule has 1 aliphatic carbocycles. The van der Waals surface area contributed by atoms with Gasteiger partial charge in [0, 0.05) is 43.2 Å². The van der Waals surface area contributed by atoms with E-state index < -0.39 is 0 Å². The number of pyridine rings is 2. The molecule has 2 aromatic carbocycles. The van der Waals surface area contributed by atoms with Crippen LogP contribution in [0.4, 0.5) is 0 Å². The van der Waals surface area contributed by atoms with Gasteiger partial charge in [0.05, 0.1) is 16.7 Å². The van der Waals surface area contributed by atoms with Crippen LogP contribution >= 0.6 is 0 Å². The molecule has 0 unspecified atom stereocenters. The Bertz CT molecular complexity index is 1770. The zero-order valence-electron chi connectivity index (χ0n) is 23.7. The van der Waals surface area contributed by atoms with Crippen molar-refractivity contribution in [3.63, 3.8) is 0 Å². The van der Waals surface area contributed by atoms with Crippen molar-refractivity contribution < 1.29 is 4.79 Å². The van der Waals surface area contributed by atoms with Crippen molar-refractivity contribution in [3.05, 3.63) is 103 Å². The van der Waals surface area contributed by atoms with Crippen LogP contribution in [0.3, 0.4) is 0 Å². The van der Waals surface area contributed by atoms with E-state index in [1.54, 1.807) is 13.1 Å². The van der Waals surface area contributed by atoms with Crippen LogP contribution in [-0.4, -0.2) is 25.3 Å². The maximum atomic E-state index is 11.5. The van der Waals surface area contributed by atoms with E-state index in [0.29, 0.717) is 17.6 Å². The number of aromatic amines is 1. The third-order valence-electron chi connectivity index (χ3n) is 8.30. The number of ketones is 1. The number of nitrogens with zero attached hydrogens (tertiary/aromatic N) is 4. The third kappa shape index (κ3) is 5.82. The monoisotopic (exact) mass is 541 g/mol. The number of nitrogens with one attached hydrogen (secondary N) is 1. The van der Waals surface area contributed by atoms with Gasteiger partial charge in [0.1, 0.15) is 17.1 Å². The summed E-state index contributed by atoms with van der Waals surface area (Å²) in [5.74, 6) is 2.27. The first-order valence-electron chi connectivity index (χ1n) is 14.3. The minimum Gasteiger partial charge on any atom is -0.338 e. The lowest BCUT2D eigenvalue weighted by Crippen LogP contribution is -2.16. The van der Waals surface area contributed by atoms with Crippen molar-refractivity contribution in [2.75, 3.05) is 0 Å². The molecule has 206 valence electrons. The molecule has 0 atom stereocenters. The van der Waals surface area contributed by atoms with E-state index >= 15 is 0 Å². The van der Waals surface area contributed by atoms with Crippen LogP contribution in [0.5, 0.6) is 0 Å². The Labute approximate surface area is 240 Å². The van der Waals surface area contributed by atoms with Gasteiger partial charge >= 0.3 is 0 Å². The molecular weight excluding hydrogens is 506 g/mol. The minimum absolute atomic E-state index is 0.318. The quantitative estimate of drug-likeness (QED) is 0.231. The number of hydrogen-bond acceptors (Lipinski definition) is 4. The van der Waals surface area contributed by atoms with Crippen molar-refractivity contribution in [3.8, 4) is 33.8 Å². The number of H-pyrrole nitrogens is 1. The third-order valence-corrected chi connectivity index (χ3v) is 8.30. The fraction of sp³-hybridized carbons (Fsp3) is 0.257. The Kier molecular flexibility index (Phi) is 7.47. The van der Waals surface area contributed by atoms with Crippen LogP contribution in [0, 0.1) is 5.92 Å². The Morgan fingerprint density at radius 1 is 0.976 bits per heavy atom. The molecule has 0 bridgehead atoms. The Morgan fingerprint density at radius 3 is 2.41 bits per heavy atom. The van der Waals surface area contributed by atoms with Crippen molar-refractivity contribution in [1.29, 1.82) is 0 Å². The number of Topliss-reactive ketones (excluding diaryl/α,β-unsaturated/α-hetero) is 1. The van der Waals surface area contributed by atoms with Gasteiger partial charge in [-0.15, -0.1) is 0 Å². The second-order valence-electron chi connectivity index (χ2n) is 11.2. The molecule has 6 nitrogen and oxygen atoms in total. The predicted octanol–water partition coefficient (Wildman–Crippen LogP) is 7.59. The van der Waals surface area contributed by atoms with Gasteiger partial charge in [-0.1, -0.05) is 36.9 Å². The highest BCUT2D eigenvalue weighted by atomic mass is 16.1. The maximum absolute atomic E-state index is 11.5. The molecule has 0 spiro atoms. The first-order chi connectivity index (χ1) is 20.0. The van der Waals surface area contributed by atoms with Crippen LogP contribution in [-0.2, 0) is 11.8 Å². The molecule has 3 heterocycles. The van der Waals surface area contributed by atoms with Gasteiger partial charge in [-0.3, -0.25) is 4.98 Å². The van der Waals surface area contributed by atoms with Crippen LogP contribution in [0.15, 0.2) is 96.9 Å². The topological polar surface area (TPSA) is 75.9 Å². The normalized spacial score (nSPS) is 17.6. The largest absolute Gasteiger partial charge is 0.338 e. The summed E-state index contributed by atoms with van der Waals surface area (Å²) in [5, 5.41) is 0. The predicted molar refractivity (Wildman–Crippen MR) is 165 cm³/mol. The first kappa shape index (κ1) is 26.6. The lowest BCUT2D eigenvalue weighted by molar-refractivity contribution is -0.118. The Hall–Kier alpha value is -4.58. The summed E-state index contributed by atoms with van der Waals surface area (Å²) in [5.41, 5.74) is 9.30. The molecule has 1 fully saturated rings. The van der Waals surface area contributed by atoms with Gasteiger partial charge in [-0.25, -0.2) is 9.98 Å². The highest BCUT2D eigenvalue weighted by molar-refractivity contribution is 5.84. The summed E-state index contributed by atoms with van der Waals surface area (Å²) in [6.45, 7) is 5.43. The highest BCUT2D eigenvalue weighted by Crippen LogP contribution is 2.37. The fourth-order valence-corrected chi connectivity index (χ4v) is 6.02. The summed E-state index contributed by atoms with van der Waals surface area (Å²) in [4.78, 5) is 28.9. The molecule has 6 heteroatoms. The fourth-order valence-electron chi connectivity index (χ4n) is 6.02. The maximum Gasteiger partial charge on any atom is 0.140 e. The lowest BCUT2D eigenvalue weighted by Gasteiger charge is -2.28. The molecule has 1 saturated carbocycles. The van der Waals surface area contributed by atoms with Crippen LogP contribution in [0.2, 0.25) is 0 Å². The van der Waals surface area contributed by atoms with Crippen molar-refractivity contribution in [2.45, 2.75) is 44.9 Å². The molecular formula is C35H35N5O. The molecule has 0 amide bonds. The SMILES string of the molecule is C=CN=c1cc(-c2ccc3nc(-c4ccc(-c5ccc(C6CCC(CC(C)=O)CC6)cc5)nc4)[nH]c3c2)ccn1C. The number of fused-ring (bicyclic) bond motifs is 1. The summed E-state index contributed by atoms with van der Waals surface area (Å²) in [7, 11) is 1.97. The average molecular weight is 542 g/mol. The van der Waals surface area contributed by atoms with E-state index in [2.05, 4.69) is 77.2 Å². The molecule has 0 saturated heterocycles. The van der Waals surface area contributed by atoms with Gasteiger partial charge in [-0.05, 0) is 97.5 Å². The van der Waals surface area contributed by atoms with Crippen LogP contribution in [0.25, 0.3) is 44.8 Å². The number of benzene rings is 2. The number of hydrogen-bond donors (Lipinski definition) is 1. The first-order valence-corrected chi connectivity index (χ1v) is 14.3. The molecule has 5 aromatic rings. The molecule has 6 rings (SSSR count). The second-order valence-corrected chi connectivity index (χ2v) is 11.2. The van der Waals surface area contributed by atoms with Crippen LogP contribution < -0.4 is 5.49 Å². The van der Waals surface area contributed by atoms with Gasteiger partial charge in [0.25, 0.3) is 0 Å². The number of carbonyl (C=O) groups is 1. The Balaban J connectivity index is 1.17. The number of rotatable bonds is 7. The number of carbonyl (C=O) groups excluding carboxylic acids is 1. The summed E-state index contributed by atoms with van der Waals surface area (Å²) in [6, 6.07) is 23.4. The van der Waals surface area contributed by atoms with Crippen molar-refractivity contribution in [1.82, 2.24) is 19.5 Å². The average Bonchev–Trinajstić information content (AvgIpc) is 3.42. The zero-order valence-corrected chi connectivity index (χ0v) is 23.7. The van der Waals surface area contributed by atoms with E-state index in [0.717, 1.165) is 69.6 Å². The Morgan fingerprint density at radius 2 is 1.71 bits per heavy atom. The molecule has 0 aliphatic heterocycles. The van der Waals surface area contributed by atoms with Gasteiger partial charge in [0.15, 0.2) is 0 Å². The standard InChI is InChI=1S/C35H35N5O/c1-4-36-34-21-29(17-18-40(34)3)28-13-16-32-33(20-28)39-35(38-32)30-14-15-31(37-22-30)27-11-9-26(10-12-27)25-7-5-24(6-8-25)19-23(2)41/h4,9-18,20-22,24-25H,1,5-8,19H2,2-3H3,(H,38,39). The zero-order chi connectivity index (χ0) is 28.3. The molecule has 41 heavy (non-hydrogen) atoms. The number of aromatic nitrogens is 4. The lowest BCUT2D eigenvalue weighted by atomic mass is 9.77. The summed E-state index contributed by atoms with van der Waals surface area (Å²) < 4.78 is 1.97. The summed E-state index contributed by atoms with van der Waals surface area (Å²) >= 11 is 0. The molecule has 0 radical (unpaired) electrons. The number of aryl methyl sites for hydroxylation is 1. The van der Waals surface area contributed by atoms with E-state index in [-0.39, 0.29) is 0 Å². The summed E-state index contributed by atoms with van der Waals surface area (Å²) in [6.07, 6.45) is 10.8. The molecule has 3 aromatic heterocycles.